The first kappa shape index (κ1) is 16.6. The van der Waals surface area contributed by atoms with Gasteiger partial charge < -0.3 is 20.0 Å². The molecular formula is C18H23N7O. The van der Waals surface area contributed by atoms with Crippen LogP contribution in [0.5, 0.6) is 0 Å². The van der Waals surface area contributed by atoms with Gasteiger partial charge in [0.15, 0.2) is 0 Å². The summed E-state index contributed by atoms with van der Waals surface area (Å²) < 4.78 is 0. The fourth-order valence-electron chi connectivity index (χ4n) is 3.39. The zero-order valence-electron chi connectivity index (χ0n) is 14.7. The van der Waals surface area contributed by atoms with Gasteiger partial charge in [0.2, 0.25) is 0 Å². The van der Waals surface area contributed by atoms with Gasteiger partial charge in [0, 0.05) is 51.7 Å². The molecule has 2 aromatic heterocycles. The molecule has 0 spiro atoms. The molecule has 2 aromatic rings. The van der Waals surface area contributed by atoms with Crippen LogP contribution in [0.2, 0.25) is 0 Å². The largest absolute Gasteiger partial charge is 0.357 e. The van der Waals surface area contributed by atoms with E-state index in [1.165, 1.54) is 12.8 Å². The molecule has 4 rings (SSSR count). The van der Waals surface area contributed by atoms with E-state index in [9.17, 15) is 4.79 Å². The third kappa shape index (κ3) is 3.68. The van der Waals surface area contributed by atoms with Crippen LogP contribution in [-0.4, -0.2) is 65.2 Å². The van der Waals surface area contributed by atoms with Gasteiger partial charge in [-0.2, -0.15) is 0 Å². The Morgan fingerprint density at radius 2 is 1.62 bits per heavy atom. The van der Waals surface area contributed by atoms with E-state index in [2.05, 4.69) is 30.1 Å². The van der Waals surface area contributed by atoms with Crippen LogP contribution < -0.4 is 15.1 Å². The van der Waals surface area contributed by atoms with Gasteiger partial charge in [-0.25, -0.2) is 14.8 Å². The van der Waals surface area contributed by atoms with Crippen LogP contribution in [0.25, 0.3) is 0 Å². The second-order valence-corrected chi connectivity index (χ2v) is 6.57. The zero-order chi connectivity index (χ0) is 17.8. The number of urea groups is 1. The van der Waals surface area contributed by atoms with Gasteiger partial charge in [0.25, 0.3) is 0 Å². The van der Waals surface area contributed by atoms with Crippen LogP contribution in [0.15, 0.2) is 36.9 Å². The molecule has 0 aliphatic carbocycles. The quantitative estimate of drug-likeness (QED) is 0.907. The lowest BCUT2D eigenvalue weighted by atomic mass is 10.3. The molecule has 4 heterocycles. The molecule has 0 saturated carbocycles. The molecule has 2 aliphatic rings. The van der Waals surface area contributed by atoms with Crippen molar-refractivity contribution in [3.8, 4) is 0 Å². The van der Waals surface area contributed by atoms with Crippen molar-refractivity contribution >= 4 is 23.4 Å². The first-order chi connectivity index (χ1) is 12.8. The molecule has 2 saturated heterocycles. The van der Waals surface area contributed by atoms with Crippen LogP contribution in [0, 0.1) is 0 Å². The first-order valence-corrected chi connectivity index (χ1v) is 9.07. The van der Waals surface area contributed by atoms with Gasteiger partial charge in [-0.05, 0) is 25.0 Å². The van der Waals surface area contributed by atoms with E-state index >= 15 is 0 Å². The Hall–Kier alpha value is -2.90. The van der Waals surface area contributed by atoms with Crippen LogP contribution in [0.4, 0.5) is 22.1 Å². The van der Waals surface area contributed by atoms with E-state index in [0.717, 1.165) is 43.5 Å². The topological polar surface area (TPSA) is 77.5 Å². The highest BCUT2D eigenvalue weighted by Crippen LogP contribution is 2.19. The lowest BCUT2D eigenvalue weighted by Gasteiger charge is -2.35. The van der Waals surface area contributed by atoms with Gasteiger partial charge in [-0.1, -0.05) is 0 Å². The molecule has 136 valence electrons. The molecular weight excluding hydrogens is 330 g/mol. The maximum absolute atomic E-state index is 12.5. The summed E-state index contributed by atoms with van der Waals surface area (Å²) in [4.78, 5) is 31.6. The van der Waals surface area contributed by atoms with E-state index in [0.29, 0.717) is 13.1 Å². The summed E-state index contributed by atoms with van der Waals surface area (Å²) in [5.41, 5.74) is 0.731. The summed E-state index contributed by atoms with van der Waals surface area (Å²) >= 11 is 0. The molecule has 8 nitrogen and oxygen atoms in total. The number of nitrogens with zero attached hydrogens (tertiary/aromatic N) is 6. The smallest absolute Gasteiger partial charge is 0.322 e. The molecule has 0 unspecified atom stereocenters. The average molecular weight is 353 g/mol. The van der Waals surface area contributed by atoms with Crippen molar-refractivity contribution in [2.24, 2.45) is 0 Å². The minimum Gasteiger partial charge on any atom is -0.357 e. The number of rotatable bonds is 3. The fourth-order valence-corrected chi connectivity index (χ4v) is 3.39. The van der Waals surface area contributed by atoms with Crippen molar-refractivity contribution in [3.05, 3.63) is 36.9 Å². The fraction of sp³-hybridized carbons (Fsp3) is 0.444. The molecule has 0 bridgehead atoms. The summed E-state index contributed by atoms with van der Waals surface area (Å²) in [5, 5.41) is 2.94. The number of hydrogen-bond donors (Lipinski definition) is 1. The first-order valence-electron chi connectivity index (χ1n) is 9.07. The predicted molar refractivity (Wildman–Crippen MR) is 101 cm³/mol. The third-order valence-corrected chi connectivity index (χ3v) is 4.87. The van der Waals surface area contributed by atoms with E-state index < -0.39 is 0 Å². The van der Waals surface area contributed by atoms with Crippen molar-refractivity contribution in [1.82, 2.24) is 19.9 Å². The summed E-state index contributed by atoms with van der Waals surface area (Å²) in [7, 11) is 0. The van der Waals surface area contributed by atoms with Gasteiger partial charge >= 0.3 is 6.03 Å². The van der Waals surface area contributed by atoms with Crippen LogP contribution in [-0.2, 0) is 0 Å². The van der Waals surface area contributed by atoms with E-state index in [1.807, 2.05) is 17.0 Å². The Labute approximate surface area is 152 Å². The number of nitrogens with one attached hydrogen (secondary N) is 1. The predicted octanol–water partition coefficient (Wildman–Crippen LogP) is 1.83. The number of hydrogen-bond acceptors (Lipinski definition) is 6. The monoisotopic (exact) mass is 353 g/mol. The lowest BCUT2D eigenvalue weighted by Crippen LogP contribution is -2.50. The molecule has 0 aromatic carbocycles. The molecule has 0 atom stereocenters. The molecule has 0 radical (unpaired) electrons. The summed E-state index contributed by atoms with van der Waals surface area (Å²) in [6, 6.07) is 3.82. The lowest BCUT2D eigenvalue weighted by molar-refractivity contribution is 0.208. The molecule has 1 N–H and O–H groups in total. The van der Waals surface area contributed by atoms with Gasteiger partial charge in [0.05, 0.1) is 18.1 Å². The number of amides is 2. The van der Waals surface area contributed by atoms with Crippen molar-refractivity contribution in [1.29, 1.82) is 0 Å². The number of anilines is 3. The standard InChI is InChI=1S/C18H23N7O/c26-18(22-15-3-4-16(21-13-15)23-7-1-2-8-23)25-11-9-24(10-12-25)17-14-19-5-6-20-17/h3-6,13-14H,1-2,7-12H2,(H,22,26). The number of carbonyl (C=O) groups excluding carboxylic acids is 1. The molecule has 8 heteroatoms. The zero-order valence-corrected chi connectivity index (χ0v) is 14.7. The van der Waals surface area contributed by atoms with E-state index in [-0.39, 0.29) is 6.03 Å². The Kier molecular flexibility index (Phi) is 4.81. The third-order valence-electron chi connectivity index (χ3n) is 4.87. The number of carbonyl (C=O) groups is 1. The van der Waals surface area contributed by atoms with Crippen molar-refractivity contribution < 1.29 is 4.79 Å². The van der Waals surface area contributed by atoms with Gasteiger partial charge in [-0.15, -0.1) is 0 Å². The number of pyridine rings is 1. The second-order valence-electron chi connectivity index (χ2n) is 6.57. The molecule has 2 amide bonds. The van der Waals surface area contributed by atoms with E-state index in [1.54, 1.807) is 24.8 Å². The Balaban J connectivity index is 1.30. The highest BCUT2D eigenvalue weighted by atomic mass is 16.2. The van der Waals surface area contributed by atoms with Crippen molar-refractivity contribution in [2.45, 2.75) is 12.8 Å². The molecule has 2 fully saturated rings. The number of aromatic nitrogens is 3. The molecule has 2 aliphatic heterocycles. The van der Waals surface area contributed by atoms with Crippen molar-refractivity contribution in [2.75, 3.05) is 54.4 Å². The number of piperazine rings is 1. The van der Waals surface area contributed by atoms with Crippen LogP contribution in [0.1, 0.15) is 12.8 Å². The highest BCUT2D eigenvalue weighted by molar-refractivity contribution is 5.89. The van der Waals surface area contributed by atoms with Crippen LogP contribution >= 0.6 is 0 Å². The highest BCUT2D eigenvalue weighted by Gasteiger charge is 2.22. The Morgan fingerprint density at radius 1 is 0.846 bits per heavy atom. The van der Waals surface area contributed by atoms with Gasteiger partial charge in [-0.3, -0.25) is 4.98 Å². The maximum atomic E-state index is 12.5. The maximum Gasteiger partial charge on any atom is 0.322 e. The van der Waals surface area contributed by atoms with Gasteiger partial charge in [0.1, 0.15) is 11.6 Å². The minimum atomic E-state index is -0.0838. The van der Waals surface area contributed by atoms with E-state index in [4.69, 9.17) is 0 Å². The normalized spacial score (nSPS) is 17.5. The minimum absolute atomic E-state index is 0.0838. The average Bonchev–Trinajstić information content (AvgIpc) is 3.24. The van der Waals surface area contributed by atoms with Crippen LogP contribution in [0.3, 0.4) is 0 Å². The summed E-state index contributed by atoms with van der Waals surface area (Å²) in [6.07, 6.45) is 9.29. The summed E-state index contributed by atoms with van der Waals surface area (Å²) in [6.45, 7) is 4.93. The Bertz CT molecular complexity index is 723. The SMILES string of the molecule is O=C(Nc1ccc(N2CCCC2)nc1)N1CCN(c2cnccn2)CC1. The van der Waals surface area contributed by atoms with Crippen molar-refractivity contribution in [3.63, 3.8) is 0 Å². The molecule has 26 heavy (non-hydrogen) atoms. The Morgan fingerprint density at radius 3 is 2.27 bits per heavy atom. The second kappa shape index (κ2) is 7.55. The summed E-state index contributed by atoms with van der Waals surface area (Å²) in [5.74, 6) is 1.84.